The maximum atomic E-state index is 12.4. The highest BCUT2D eigenvalue weighted by Gasteiger charge is 2.21. The van der Waals surface area contributed by atoms with E-state index in [1.807, 2.05) is 36.4 Å². The van der Waals surface area contributed by atoms with Crippen molar-refractivity contribution in [3.05, 3.63) is 65.7 Å². The molecular formula is C19H23ClN2O. The first-order chi connectivity index (χ1) is 10.8. The molecule has 2 aromatic rings. The monoisotopic (exact) mass is 330 g/mol. The maximum Gasteiger partial charge on any atom is 0.228 e. The Morgan fingerprint density at radius 1 is 1.09 bits per heavy atom. The number of amides is 1. The molecule has 1 amide bonds. The van der Waals surface area contributed by atoms with Gasteiger partial charge in [-0.1, -0.05) is 48.5 Å². The average Bonchev–Trinajstić information content (AvgIpc) is 2.58. The van der Waals surface area contributed by atoms with Crippen molar-refractivity contribution in [3.8, 4) is 0 Å². The van der Waals surface area contributed by atoms with Gasteiger partial charge in [0.05, 0.1) is 5.92 Å². The Labute approximate surface area is 143 Å². The summed E-state index contributed by atoms with van der Waals surface area (Å²) in [5.74, 6) is 0.214. The molecule has 2 aromatic carbocycles. The minimum absolute atomic E-state index is 0. The number of benzene rings is 2. The van der Waals surface area contributed by atoms with Crippen molar-refractivity contribution in [3.63, 3.8) is 0 Å². The zero-order valence-electron chi connectivity index (χ0n) is 13.1. The van der Waals surface area contributed by atoms with Gasteiger partial charge in [-0.25, -0.2) is 0 Å². The maximum absolute atomic E-state index is 12.4. The van der Waals surface area contributed by atoms with Crippen molar-refractivity contribution in [2.75, 3.05) is 18.4 Å². The van der Waals surface area contributed by atoms with Gasteiger partial charge < -0.3 is 10.6 Å². The van der Waals surface area contributed by atoms with Crippen LogP contribution in [-0.2, 0) is 11.2 Å². The number of carbonyl (C=O) groups excluding carboxylic acids is 1. The molecule has 0 radical (unpaired) electrons. The second-order valence-electron chi connectivity index (χ2n) is 5.85. The number of piperidine rings is 1. The number of anilines is 1. The van der Waals surface area contributed by atoms with Crippen LogP contribution in [0.4, 0.5) is 5.69 Å². The zero-order valence-corrected chi connectivity index (χ0v) is 13.9. The molecule has 0 saturated carbocycles. The number of halogens is 1. The van der Waals surface area contributed by atoms with Crippen LogP contribution in [0.5, 0.6) is 0 Å². The highest BCUT2D eigenvalue weighted by molar-refractivity contribution is 5.93. The zero-order chi connectivity index (χ0) is 15.2. The van der Waals surface area contributed by atoms with Gasteiger partial charge in [0.25, 0.3) is 0 Å². The lowest BCUT2D eigenvalue weighted by Crippen LogP contribution is -2.37. The van der Waals surface area contributed by atoms with Crippen molar-refractivity contribution in [2.45, 2.75) is 19.3 Å². The molecule has 0 aromatic heterocycles. The average molecular weight is 331 g/mol. The molecule has 0 unspecified atom stereocenters. The molecule has 2 N–H and O–H groups in total. The summed E-state index contributed by atoms with van der Waals surface area (Å²) in [5, 5.41) is 6.42. The summed E-state index contributed by atoms with van der Waals surface area (Å²) in [6.45, 7) is 1.81. The van der Waals surface area contributed by atoms with Crippen LogP contribution >= 0.6 is 12.4 Å². The first-order valence-electron chi connectivity index (χ1n) is 7.96. The third-order valence-electron chi connectivity index (χ3n) is 4.18. The fourth-order valence-electron chi connectivity index (χ4n) is 2.92. The van der Waals surface area contributed by atoms with E-state index in [4.69, 9.17) is 0 Å². The highest BCUT2D eigenvalue weighted by Crippen LogP contribution is 2.21. The van der Waals surface area contributed by atoms with Gasteiger partial charge in [0, 0.05) is 12.2 Å². The summed E-state index contributed by atoms with van der Waals surface area (Å²) in [6, 6.07) is 18.4. The fraction of sp³-hybridized carbons (Fsp3) is 0.316. The van der Waals surface area contributed by atoms with E-state index >= 15 is 0 Å². The summed E-state index contributed by atoms with van der Waals surface area (Å²) in [5.41, 5.74) is 3.34. The van der Waals surface area contributed by atoms with Crippen LogP contribution in [0, 0.1) is 5.92 Å². The summed E-state index contributed by atoms with van der Waals surface area (Å²) < 4.78 is 0. The van der Waals surface area contributed by atoms with E-state index in [0.717, 1.165) is 43.6 Å². The lowest BCUT2D eigenvalue weighted by Gasteiger charge is -2.22. The number of para-hydroxylation sites is 1. The lowest BCUT2D eigenvalue weighted by atomic mass is 9.98. The standard InChI is InChI=1S/C19H22N2O.ClH/c22-19(17-10-6-12-20-14-17)21-18-11-5-4-9-16(18)13-15-7-2-1-3-8-15;/h1-5,7-9,11,17,20H,6,10,12-14H2,(H,21,22);1H/t17-;/m1./s1. The summed E-state index contributed by atoms with van der Waals surface area (Å²) in [4.78, 5) is 12.4. The number of hydrogen-bond acceptors (Lipinski definition) is 2. The van der Waals surface area contributed by atoms with E-state index in [1.165, 1.54) is 5.56 Å². The van der Waals surface area contributed by atoms with Gasteiger partial charge in [-0.15, -0.1) is 12.4 Å². The SMILES string of the molecule is Cl.O=C(Nc1ccccc1Cc1ccccc1)[C@@H]1CCCNC1. The smallest absolute Gasteiger partial charge is 0.228 e. The Balaban J connectivity index is 0.00000192. The minimum Gasteiger partial charge on any atom is -0.326 e. The van der Waals surface area contributed by atoms with Crippen LogP contribution in [0.2, 0.25) is 0 Å². The van der Waals surface area contributed by atoms with Gasteiger partial charge >= 0.3 is 0 Å². The van der Waals surface area contributed by atoms with Crippen molar-refractivity contribution >= 4 is 24.0 Å². The van der Waals surface area contributed by atoms with Crippen LogP contribution in [0.3, 0.4) is 0 Å². The molecule has 1 aliphatic rings. The van der Waals surface area contributed by atoms with Crippen molar-refractivity contribution in [1.29, 1.82) is 0 Å². The van der Waals surface area contributed by atoms with Crippen LogP contribution in [0.25, 0.3) is 0 Å². The Bertz CT molecular complexity index is 624. The molecule has 3 rings (SSSR count). The van der Waals surface area contributed by atoms with E-state index in [2.05, 4.69) is 28.8 Å². The minimum atomic E-state index is 0. The van der Waals surface area contributed by atoms with Crippen LogP contribution < -0.4 is 10.6 Å². The molecule has 23 heavy (non-hydrogen) atoms. The quantitative estimate of drug-likeness (QED) is 0.898. The van der Waals surface area contributed by atoms with Gasteiger partial charge in [0.15, 0.2) is 0 Å². The number of hydrogen-bond donors (Lipinski definition) is 2. The van der Waals surface area contributed by atoms with Crippen LogP contribution in [0.15, 0.2) is 54.6 Å². The number of carbonyl (C=O) groups is 1. The van der Waals surface area contributed by atoms with Crippen LogP contribution in [-0.4, -0.2) is 19.0 Å². The molecule has 1 aliphatic heterocycles. The van der Waals surface area contributed by atoms with Gasteiger partial charge in [-0.05, 0) is 43.0 Å². The highest BCUT2D eigenvalue weighted by atomic mass is 35.5. The van der Waals surface area contributed by atoms with Gasteiger partial charge in [0.2, 0.25) is 5.91 Å². The molecule has 1 saturated heterocycles. The third kappa shape index (κ3) is 4.81. The molecular weight excluding hydrogens is 308 g/mol. The number of nitrogens with one attached hydrogen (secondary N) is 2. The first-order valence-corrected chi connectivity index (χ1v) is 7.96. The first kappa shape index (κ1) is 17.5. The molecule has 0 aliphatic carbocycles. The van der Waals surface area contributed by atoms with Crippen molar-refractivity contribution in [2.24, 2.45) is 5.92 Å². The topological polar surface area (TPSA) is 41.1 Å². The molecule has 3 nitrogen and oxygen atoms in total. The molecule has 1 heterocycles. The number of rotatable bonds is 4. The Morgan fingerprint density at radius 3 is 2.57 bits per heavy atom. The molecule has 0 bridgehead atoms. The van der Waals surface area contributed by atoms with Crippen molar-refractivity contribution < 1.29 is 4.79 Å². The van der Waals surface area contributed by atoms with Crippen LogP contribution in [0.1, 0.15) is 24.0 Å². The van der Waals surface area contributed by atoms with Gasteiger partial charge in [-0.2, -0.15) is 0 Å². The largest absolute Gasteiger partial charge is 0.326 e. The Morgan fingerprint density at radius 2 is 1.83 bits per heavy atom. The summed E-state index contributed by atoms with van der Waals surface area (Å²) in [6.07, 6.45) is 2.88. The van der Waals surface area contributed by atoms with E-state index in [0.29, 0.717) is 0 Å². The predicted octanol–water partition coefficient (Wildman–Crippen LogP) is 3.64. The molecule has 0 spiro atoms. The fourth-order valence-corrected chi connectivity index (χ4v) is 2.92. The second-order valence-corrected chi connectivity index (χ2v) is 5.85. The predicted molar refractivity (Wildman–Crippen MR) is 97.2 cm³/mol. The van der Waals surface area contributed by atoms with Gasteiger partial charge in [-0.3, -0.25) is 4.79 Å². The van der Waals surface area contributed by atoms with E-state index in [-0.39, 0.29) is 24.2 Å². The Kier molecular flexibility index (Phi) is 6.63. The normalized spacial score (nSPS) is 17.1. The molecule has 1 atom stereocenters. The summed E-state index contributed by atoms with van der Waals surface area (Å²) >= 11 is 0. The second kappa shape index (κ2) is 8.70. The van der Waals surface area contributed by atoms with Crippen molar-refractivity contribution in [1.82, 2.24) is 5.32 Å². The lowest BCUT2D eigenvalue weighted by molar-refractivity contribution is -0.120. The van der Waals surface area contributed by atoms with E-state index < -0.39 is 0 Å². The van der Waals surface area contributed by atoms with E-state index in [9.17, 15) is 4.79 Å². The molecule has 4 heteroatoms. The summed E-state index contributed by atoms with van der Waals surface area (Å²) in [7, 11) is 0. The van der Waals surface area contributed by atoms with Gasteiger partial charge in [0.1, 0.15) is 0 Å². The molecule has 1 fully saturated rings. The Hall–Kier alpha value is -1.84. The third-order valence-corrected chi connectivity index (χ3v) is 4.18. The molecule has 122 valence electrons. The van der Waals surface area contributed by atoms with E-state index in [1.54, 1.807) is 0 Å².